The lowest BCUT2D eigenvalue weighted by atomic mass is 9.92. The number of nitriles is 1. The summed E-state index contributed by atoms with van der Waals surface area (Å²) in [6.07, 6.45) is 3.15. The van der Waals surface area contributed by atoms with Gasteiger partial charge in [0, 0.05) is 26.9 Å². The van der Waals surface area contributed by atoms with Crippen LogP contribution in [0.2, 0.25) is 0 Å². The summed E-state index contributed by atoms with van der Waals surface area (Å²) in [7, 11) is 0. The number of nitrogens with zero attached hydrogens (tertiary/aromatic N) is 2. The van der Waals surface area contributed by atoms with Gasteiger partial charge < -0.3 is 0 Å². The van der Waals surface area contributed by atoms with E-state index in [0.717, 1.165) is 4.47 Å². The van der Waals surface area contributed by atoms with Gasteiger partial charge in [-0.25, -0.2) is 0 Å². The van der Waals surface area contributed by atoms with Crippen molar-refractivity contribution in [2.24, 2.45) is 0 Å². The van der Waals surface area contributed by atoms with Crippen LogP contribution in [0.4, 0.5) is 0 Å². The molecule has 3 nitrogen and oxygen atoms in total. The van der Waals surface area contributed by atoms with Gasteiger partial charge in [-0.1, -0.05) is 31.9 Å². The molecule has 19 heavy (non-hydrogen) atoms. The number of benzene rings is 1. The molecule has 0 N–H and O–H groups in total. The molecule has 0 bridgehead atoms. The minimum Gasteiger partial charge on any atom is -0.292 e. The molecule has 1 aromatic carbocycles. The number of hydrogen-bond acceptors (Lipinski definition) is 3. The highest BCUT2D eigenvalue weighted by Crippen LogP contribution is 2.27. The Morgan fingerprint density at radius 3 is 2.47 bits per heavy atom. The molecular weight excluding hydrogens is 372 g/mol. The first kappa shape index (κ1) is 13.9. The number of carbonyl (C=O) groups excluding carboxylic acids is 1. The standard InChI is InChI=1S/C14H8Br2N2O/c15-10-1-2-11(13(16)7-10)14(19)12(8-17)9-3-5-18-6-4-9/h1-7,12H. The Kier molecular flexibility index (Phi) is 4.46. The predicted molar refractivity (Wildman–Crippen MR) is 78.8 cm³/mol. The van der Waals surface area contributed by atoms with E-state index in [9.17, 15) is 10.1 Å². The van der Waals surface area contributed by atoms with Gasteiger partial charge in [0.2, 0.25) is 0 Å². The van der Waals surface area contributed by atoms with Crippen molar-refractivity contribution in [1.82, 2.24) is 4.98 Å². The minimum atomic E-state index is -0.819. The number of rotatable bonds is 3. The van der Waals surface area contributed by atoms with Crippen molar-refractivity contribution < 1.29 is 4.79 Å². The second kappa shape index (κ2) is 6.09. The monoisotopic (exact) mass is 378 g/mol. The van der Waals surface area contributed by atoms with Crippen molar-refractivity contribution in [1.29, 1.82) is 5.26 Å². The molecule has 1 unspecified atom stereocenters. The summed E-state index contributed by atoms with van der Waals surface area (Å²) in [4.78, 5) is 16.3. The molecule has 0 amide bonds. The van der Waals surface area contributed by atoms with Crippen molar-refractivity contribution in [2.45, 2.75) is 5.92 Å². The number of hydrogen-bond donors (Lipinski definition) is 0. The normalized spacial score (nSPS) is 11.6. The summed E-state index contributed by atoms with van der Waals surface area (Å²) in [5, 5.41) is 9.24. The average Bonchev–Trinajstić information content (AvgIpc) is 2.40. The van der Waals surface area contributed by atoms with Crippen LogP contribution >= 0.6 is 31.9 Å². The molecule has 1 aromatic heterocycles. The summed E-state index contributed by atoms with van der Waals surface area (Å²) in [5.74, 6) is -1.05. The number of carbonyl (C=O) groups is 1. The van der Waals surface area contributed by atoms with Gasteiger partial charge in [-0.2, -0.15) is 5.26 Å². The molecule has 0 saturated heterocycles. The van der Waals surface area contributed by atoms with E-state index in [1.807, 2.05) is 6.07 Å². The fraction of sp³-hybridized carbons (Fsp3) is 0.0714. The first-order valence-electron chi connectivity index (χ1n) is 5.42. The van der Waals surface area contributed by atoms with E-state index in [-0.39, 0.29) is 5.78 Å². The summed E-state index contributed by atoms with van der Waals surface area (Å²) in [6, 6.07) is 10.7. The SMILES string of the molecule is N#CC(C(=O)c1ccc(Br)cc1Br)c1ccncc1. The Balaban J connectivity index is 2.40. The zero-order valence-electron chi connectivity index (χ0n) is 9.68. The van der Waals surface area contributed by atoms with E-state index in [1.54, 1.807) is 42.7 Å². The van der Waals surface area contributed by atoms with Gasteiger partial charge in [0.1, 0.15) is 5.92 Å². The fourth-order valence-corrected chi connectivity index (χ4v) is 2.93. The summed E-state index contributed by atoms with van der Waals surface area (Å²) in [6.45, 7) is 0. The maximum absolute atomic E-state index is 12.4. The molecule has 0 aliphatic rings. The lowest BCUT2D eigenvalue weighted by Gasteiger charge is -2.10. The molecule has 0 aliphatic carbocycles. The van der Waals surface area contributed by atoms with Crippen LogP contribution < -0.4 is 0 Å². The molecule has 0 aliphatic heterocycles. The molecule has 2 rings (SSSR count). The summed E-state index contributed by atoms with van der Waals surface area (Å²) < 4.78 is 1.54. The van der Waals surface area contributed by atoms with E-state index in [4.69, 9.17) is 0 Å². The number of ketones is 1. The smallest absolute Gasteiger partial charge is 0.185 e. The molecule has 1 heterocycles. The van der Waals surface area contributed by atoms with E-state index in [2.05, 4.69) is 36.8 Å². The highest BCUT2D eigenvalue weighted by Gasteiger charge is 2.23. The molecule has 0 radical (unpaired) electrons. The number of pyridine rings is 1. The van der Waals surface area contributed by atoms with Gasteiger partial charge in [-0.05, 0) is 35.9 Å². The van der Waals surface area contributed by atoms with Crippen molar-refractivity contribution in [2.75, 3.05) is 0 Å². The van der Waals surface area contributed by atoms with E-state index < -0.39 is 5.92 Å². The third kappa shape index (κ3) is 3.09. The Hall–Kier alpha value is -1.51. The van der Waals surface area contributed by atoms with Crippen LogP contribution in [0.15, 0.2) is 51.7 Å². The molecule has 2 aromatic rings. The van der Waals surface area contributed by atoms with E-state index in [0.29, 0.717) is 15.6 Å². The van der Waals surface area contributed by atoms with E-state index >= 15 is 0 Å². The first-order valence-corrected chi connectivity index (χ1v) is 7.01. The van der Waals surface area contributed by atoms with Gasteiger partial charge in [0.05, 0.1) is 6.07 Å². The van der Waals surface area contributed by atoms with Crippen molar-refractivity contribution in [3.05, 3.63) is 62.8 Å². The summed E-state index contributed by atoms with van der Waals surface area (Å²) in [5.41, 5.74) is 1.14. The van der Waals surface area contributed by atoms with Crippen molar-refractivity contribution in [3.63, 3.8) is 0 Å². The van der Waals surface area contributed by atoms with Crippen LogP contribution in [-0.2, 0) is 0 Å². The van der Waals surface area contributed by atoms with Crippen molar-refractivity contribution in [3.8, 4) is 6.07 Å². The number of aromatic nitrogens is 1. The van der Waals surface area contributed by atoms with Crippen LogP contribution in [-0.4, -0.2) is 10.8 Å². The number of Topliss-reactive ketones (excluding diaryl/α,β-unsaturated/α-hetero) is 1. The highest BCUT2D eigenvalue weighted by atomic mass is 79.9. The molecule has 0 saturated carbocycles. The average molecular weight is 380 g/mol. The zero-order chi connectivity index (χ0) is 13.8. The Morgan fingerprint density at radius 1 is 1.21 bits per heavy atom. The fourth-order valence-electron chi connectivity index (χ4n) is 1.69. The molecule has 0 spiro atoms. The lowest BCUT2D eigenvalue weighted by molar-refractivity contribution is 0.0978. The van der Waals surface area contributed by atoms with Gasteiger partial charge >= 0.3 is 0 Å². The maximum atomic E-state index is 12.4. The third-order valence-corrected chi connectivity index (χ3v) is 3.78. The highest BCUT2D eigenvalue weighted by molar-refractivity contribution is 9.11. The van der Waals surface area contributed by atoms with Crippen LogP contribution in [0.5, 0.6) is 0 Å². The van der Waals surface area contributed by atoms with Crippen LogP contribution in [0.3, 0.4) is 0 Å². The topological polar surface area (TPSA) is 53.8 Å². The summed E-state index contributed by atoms with van der Waals surface area (Å²) >= 11 is 6.68. The molecule has 1 atom stereocenters. The largest absolute Gasteiger partial charge is 0.292 e. The van der Waals surface area contributed by atoms with Crippen LogP contribution in [0.1, 0.15) is 21.8 Å². The van der Waals surface area contributed by atoms with Gasteiger partial charge in [-0.3, -0.25) is 9.78 Å². The van der Waals surface area contributed by atoms with Gasteiger partial charge in [0.15, 0.2) is 5.78 Å². The molecule has 0 fully saturated rings. The minimum absolute atomic E-state index is 0.229. The quantitative estimate of drug-likeness (QED) is 0.754. The maximum Gasteiger partial charge on any atom is 0.185 e. The van der Waals surface area contributed by atoms with Gasteiger partial charge in [-0.15, -0.1) is 0 Å². The number of halogens is 2. The Labute approximate surface area is 127 Å². The van der Waals surface area contributed by atoms with E-state index in [1.165, 1.54) is 0 Å². The van der Waals surface area contributed by atoms with Crippen molar-refractivity contribution >= 4 is 37.6 Å². The second-order valence-electron chi connectivity index (χ2n) is 3.83. The molecular formula is C14H8Br2N2O. The Bertz CT molecular complexity index is 650. The first-order chi connectivity index (χ1) is 9.13. The lowest BCUT2D eigenvalue weighted by Crippen LogP contribution is -2.12. The van der Waals surface area contributed by atoms with Gasteiger partial charge in [0.25, 0.3) is 0 Å². The van der Waals surface area contributed by atoms with Crippen LogP contribution in [0, 0.1) is 11.3 Å². The molecule has 5 heteroatoms. The second-order valence-corrected chi connectivity index (χ2v) is 5.60. The molecule has 94 valence electrons. The zero-order valence-corrected chi connectivity index (χ0v) is 12.8. The third-order valence-electron chi connectivity index (χ3n) is 2.63. The van der Waals surface area contributed by atoms with Crippen LogP contribution in [0.25, 0.3) is 0 Å². The Morgan fingerprint density at radius 2 is 1.89 bits per heavy atom. The predicted octanol–water partition coefficient (Wildman–Crippen LogP) is 4.10.